The third-order valence-corrected chi connectivity index (χ3v) is 7.12. The molecular weight excluding hydrogens is 422 g/mol. The number of hydrogen-bond donors (Lipinski definition) is 0. The third kappa shape index (κ3) is 3.84. The molecule has 2 aromatic heterocycles. The molecule has 0 unspecified atom stereocenters. The van der Waals surface area contributed by atoms with Gasteiger partial charge < -0.3 is 4.90 Å². The van der Waals surface area contributed by atoms with Crippen LogP contribution < -0.4 is 4.90 Å². The van der Waals surface area contributed by atoms with Gasteiger partial charge in [0.25, 0.3) is 0 Å². The van der Waals surface area contributed by atoms with Crippen molar-refractivity contribution in [2.75, 3.05) is 18.0 Å². The van der Waals surface area contributed by atoms with Gasteiger partial charge in [0.2, 0.25) is 0 Å². The Morgan fingerprint density at radius 3 is 2.45 bits per heavy atom. The fourth-order valence-corrected chi connectivity index (χ4v) is 5.19. The minimum absolute atomic E-state index is 0.515. The summed E-state index contributed by atoms with van der Waals surface area (Å²) in [6, 6.07) is 8.98. The lowest BCUT2D eigenvalue weighted by Crippen LogP contribution is -2.33. The molecule has 1 aromatic carbocycles. The maximum Gasteiger partial charge on any atom is 0.147 e. The predicted octanol–water partition coefficient (Wildman–Crippen LogP) is 7.15. The maximum atomic E-state index is 4.97. The molecule has 3 aromatic rings. The van der Waals surface area contributed by atoms with Gasteiger partial charge in [-0.25, -0.2) is 4.98 Å². The zero-order chi connectivity index (χ0) is 20.7. The van der Waals surface area contributed by atoms with E-state index in [9.17, 15) is 0 Å². The molecule has 0 amide bonds. The van der Waals surface area contributed by atoms with E-state index in [1.807, 2.05) is 0 Å². The second kappa shape index (κ2) is 8.14. The summed E-state index contributed by atoms with van der Waals surface area (Å²) in [6.07, 6.45) is 6.13. The van der Waals surface area contributed by atoms with E-state index in [0.717, 1.165) is 40.5 Å². The van der Waals surface area contributed by atoms with Crippen molar-refractivity contribution in [2.45, 2.75) is 59.8 Å². The lowest BCUT2D eigenvalue weighted by molar-refractivity contribution is 0.395. The third-order valence-electron chi connectivity index (χ3n) is 6.48. The molecule has 1 aliphatic heterocycles. The average Bonchev–Trinajstić information content (AvgIpc) is 3.03. The molecule has 1 fully saturated rings. The molecule has 3 heterocycles. The molecule has 3 nitrogen and oxygen atoms in total. The molecule has 0 radical (unpaired) electrons. The average molecular weight is 454 g/mol. The van der Waals surface area contributed by atoms with E-state index in [4.69, 9.17) is 4.98 Å². The number of pyridine rings is 1. The Morgan fingerprint density at radius 1 is 1.10 bits per heavy atom. The number of anilines is 1. The number of aryl methyl sites for hydroxylation is 2. The van der Waals surface area contributed by atoms with Gasteiger partial charge in [0, 0.05) is 40.5 Å². The highest BCUT2D eigenvalue weighted by molar-refractivity contribution is 9.10. The number of benzene rings is 1. The summed E-state index contributed by atoms with van der Waals surface area (Å²) in [5.74, 6) is 1.40. The van der Waals surface area contributed by atoms with Crippen LogP contribution in [0.4, 0.5) is 5.69 Å². The fraction of sp³-hybridized carbons (Fsp3) is 0.480. The number of fused-ring (bicyclic) bond motifs is 1. The number of nitrogens with zero attached hydrogens (tertiary/aromatic N) is 3. The van der Waals surface area contributed by atoms with Crippen LogP contribution in [0.1, 0.15) is 62.8 Å². The topological polar surface area (TPSA) is 21.1 Å². The lowest BCUT2D eigenvalue weighted by Gasteiger charge is -2.34. The van der Waals surface area contributed by atoms with Gasteiger partial charge in [0.15, 0.2) is 0 Å². The summed E-state index contributed by atoms with van der Waals surface area (Å²) in [5, 5.41) is 1.30. The Hall–Kier alpha value is -1.81. The van der Waals surface area contributed by atoms with Crippen molar-refractivity contribution in [3.63, 3.8) is 0 Å². The molecule has 0 N–H and O–H groups in total. The molecule has 4 heteroatoms. The van der Waals surface area contributed by atoms with E-state index < -0.39 is 0 Å². The largest absolute Gasteiger partial charge is 0.371 e. The predicted molar refractivity (Wildman–Crippen MR) is 128 cm³/mol. The van der Waals surface area contributed by atoms with Crippen molar-refractivity contribution in [1.82, 2.24) is 9.55 Å². The molecule has 1 aliphatic rings. The van der Waals surface area contributed by atoms with Crippen LogP contribution >= 0.6 is 15.9 Å². The van der Waals surface area contributed by atoms with Crippen LogP contribution in [0.5, 0.6) is 0 Å². The molecule has 29 heavy (non-hydrogen) atoms. The Bertz CT molecular complexity index is 1030. The molecular formula is C25H32BrN3. The quantitative estimate of drug-likeness (QED) is 0.417. The first kappa shape index (κ1) is 20.5. The molecule has 0 bridgehead atoms. The van der Waals surface area contributed by atoms with Crippen molar-refractivity contribution in [2.24, 2.45) is 5.92 Å². The first-order chi connectivity index (χ1) is 13.9. The molecule has 154 valence electrons. The van der Waals surface area contributed by atoms with Gasteiger partial charge >= 0.3 is 0 Å². The highest BCUT2D eigenvalue weighted by atomic mass is 79.9. The zero-order valence-corrected chi connectivity index (χ0v) is 19.9. The number of rotatable bonds is 4. The van der Waals surface area contributed by atoms with Crippen molar-refractivity contribution < 1.29 is 0 Å². The monoisotopic (exact) mass is 453 g/mol. The van der Waals surface area contributed by atoms with Gasteiger partial charge in [0.05, 0.1) is 5.69 Å². The van der Waals surface area contributed by atoms with Gasteiger partial charge in [-0.3, -0.25) is 4.57 Å². The van der Waals surface area contributed by atoms with Gasteiger partial charge in [-0.05, 0) is 83.8 Å². The summed E-state index contributed by atoms with van der Waals surface area (Å²) in [6.45, 7) is 13.4. The molecule has 0 spiro atoms. The van der Waals surface area contributed by atoms with Crippen molar-refractivity contribution in [3.8, 4) is 5.69 Å². The summed E-state index contributed by atoms with van der Waals surface area (Å²) in [4.78, 5) is 7.55. The van der Waals surface area contributed by atoms with Gasteiger partial charge in [-0.15, -0.1) is 0 Å². The molecule has 0 saturated carbocycles. The highest BCUT2D eigenvalue weighted by Gasteiger charge is 2.23. The first-order valence-corrected chi connectivity index (χ1v) is 11.7. The van der Waals surface area contributed by atoms with Crippen LogP contribution in [-0.4, -0.2) is 22.6 Å². The lowest BCUT2D eigenvalue weighted by atomic mass is 9.94. The summed E-state index contributed by atoms with van der Waals surface area (Å²) in [7, 11) is 0. The van der Waals surface area contributed by atoms with E-state index in [1.165, 1.54) is 41.5 Å². The molecule has 4 rings (SSSR count). The molecule has 0 aliphatic carbocycles. The summed E-state index contributed by atoms with van der Waals surface area (Å²) in [5.41, 5.74) is 7.29. The van der Waals surface area contributed by atoms with Crippen LogP contribution in [-0.2, 0) is 0 Å². The Kier molecular flexibility index (Phi) is 5.74. The van der Waals surface area contributed by atoms with E-state index >= 15 is 0 Å². The minimum atomic E-state index is 0.515. The smallest absolute Gasteiger partial charge is 0.147 e. The highest BCUT2D eigenvalue weighted by Crippen LogP contribution is 2.36. The number of piperidine rings is 1. The molecule has 0 atom stereocenters. The number of halogens is 1. The van der Waals surface area contributed by atoms with Crippen LogP contribution in [0, 0.1) is 19.8 Å². The Labute approximate surface area is 183 Å². The SMILES string of the molecule is CCC1CCN(c2cc(C)nc3c2c(C)cn3-c2ccc(C(C)C)cc2Br)CC1. The van der Waals surface area contributed by atoms with Gasteiger partial charge in [-0.1, -0.05) is 33.3 Å². The van der Waals surface area contributed by atoms with Crippen molar-refractivity contribution >= 4 is 32.7 Å². The number of aromatic nitrogens is 2. The van der Waals surface area contributed by atoms with Gasteiger partial charge in [0.1, 0.15) is 5.65 Å². The standard InChI is InChI=1S/C25H32BrN3/c1-6-19-9-11-28(12-10-19)23-13-18(5)27-25-24(23)17(4)15-29(25)22-8-7-20(16(2)3)14-21(22)26/h7-8,13-16,19H,6,9-12H2,1-5H3. The van der Waals surface area contributed by atoms with Crippen molar-refractivity contribution in [1.29, 1.82) is 0 Å². The Morgan fingerprint density at radius 2 is 1.83 bits per heavy atom. The van der Waals surface area contributed by atoms with E-state index in [-0.39, 0.29) is 0 Å². The van der Waals surface area contributed by atoms with Crippen molar-refractivity contribution in [3.05, 3.63) is 51.8 Å². The second-order valence-electron chi connectivity index (χ2n) is 8.87. The molecule has 1 saturated heterocycles. The second-order valence-corrected chi connectivity index (χ2v) is 9.72. The van der Waals surface area contributed by atoms with Gasteiger partial charge in [-0.2, -0.15) is 0 Å². The van der Waals surface area contributed by atoms with E-state index in [0.29, 0.717) is 5.92 Å². The first-order valence-electron chi connectivity index (χ1n) is 10.9. The Balaban J connectivity index is 1.82. The van der Waals surface area contributed by atoms with E-state index in [1.54, 1.807) is 0 Å². The van der Waals surface area contributed by atoms with Crippen LogP contribution in [0.25, 0.3) is 16.7 Å². The normalized spacial score (nSPS) is 15.6. The van der Waals surface area contributed by atoms with E-state index in [2.05, 4.69) is 90.5 Å². The summed E-state index contributed by atoms with van der Waals surface area (Å²) < 4.78 is 3.38. The maximum absolute atomic E-state index is 4.97. The summed E-state index contributed by atoms with van der Waals surface area (Å²) >= 11 is 3.82. The zero-order valence-electron chi connectivity index (χ0n) is 18.3. The fourth-order valence-electron chi connectivity index (χ4n) is 4.60. The minimum Gasteiger partial charge on any atom is -0.371 e. The van der Waals surface area contributed by atoms with Crippen LogP contribution in [0.2, 0.25) is 0 Å². The van der Waals surface area contributed by atoms with Crippen LogP contribution in [0.3, 0.4) is 0 Å². The van der Waals surface area contributed by atoms with Crippen LogP contribution in [0.15, 0.2) is 34.9 Å². The number of hydrogen-bond acceptors (Lipinski definition) is 2.